The first-order chi connectivity index (χ1) is 13.6. The Kier molecular flexibility index (Phi) is 9.98. The maximum atomic E-state index is 9.91. The molecule has 1 atom stereocenters. The van der Waals surface area contributed by atoms with Crippen molar-refractivity contribution in [2.75, 3.05) is 6.61 Å². The van der Waals surface area contributed by atoms with Crippen molar-refractivity contribution in [1.29, 1.82) is 0 Å². The molecule has 2 rings (SSSR count). The first-order valence-corrected chi connectivity index (χ1v) is 10.8. The highest BCUT2D eigenvalue weighted by molar-refractivity contribution is 5.55. The molecule has 1 aromatic carbocycles. The smallest absolute Gasteiger partial charge is 0.159 e. The predicted molar refractivity (Wildman–Crippen MR) is 116 cm³/mol. The summed E-state index contributed by atoms with van der Waals surface area (Å²) >= 11 is 0. The second-order valence-electron chi connectivity index (χ2n) is 8.05. The number of nitrogens with zero attached hydrogens (tertiary/aromatic N) is 2. The SMILES string of the molecule is CCCCCCCCc1cnc(-c2ccc(OCC(O)CC(C)C)cc2)nc1. The van der Waals surface area contributed by atoms with Gasteiger partial charge in [-0.2, -0.15) is 0 Å². The molecular weight excluding hydrogens is 348 g/mol. The van der Waals surface area contributed by atoms with Crippen molar-refractivity contribution in [3.05, 3.63) is 42.2 Å². The molecule has 0 aliphatic rings. The Balaban J connectivity index is 1.78. The summed E-state index contributed by atoms with van der Waals surface area (Å²) in [4.78, 5) is 9.04. The van der Waals surface area contributed by atoms with E-state index in [9.17, 15) is 5.11 Å². The van der Waals surface area contributed by atoms with E-state index in [1.54, 1.807) is 0 Å². The van der Waals surface area contributed by atoms with Crippen LogP contribution in [0, 0.1) is 5.92 Å². The molecule has 0 aliphatic heterocycles. The van der Waals surface area contributed by atoms with Crippen molar-refractivity contribution < 1.29 is 9.84 Å². The van der Waals surface area contributed by atoms with E-state index in [1.165, 1.54) is 44.1 Å². The molecule has 0 spiro atoms. The lowest BCUT2D eigenvalue weighted by Crippen LogP contribution is -2.19. The highest BCUT2D eigenvalue weighted by Gasteiger charge is 2.08. The van der Waals surface area contributed by atoms with E-state index < -0.39 is 6.10 Å². The number of rotatable bonds is 13. The minimum atomic E-state index is -0.429. The van der Waals surface area contributed by atoms with Gasteiger partial charge in [-0.15, -0.1) is 0 Å². The minimum absolute atomic E-state index is 0.321. The van der Waals surface area contributed by atoms with Crippen LogP contribution in [-0.2, 0) is 6.42 Å². The van der Waals surface area contributed by atoms with E-state index in [4.69, 9.17) is 4.74 Å². The Morgan fingerprint density at radius 2 is 1.57 bits per heavy atom. The first-order valence-electron chi connectivity index (χ1n) is 10.8. The van der Waals surface area contributed by atoms with Gasteiger partial charge in [-0.3, -0.25) is 0 Å². The van der Waals surface area contributed by atoms with E-state index in [0.717, 1.165) is 30.0 Å². The quantitative estimate of drug-likeness (QED) is 0.441. The van der Waals surface area contributed by atoms with E-state index >= 15 is 0 Å². The van der Waals surface area contributed by atoms with Gasteiger partial charge in [-0.25, -0.2) is 9.97 Å². The summed E-state index contributed by atoms with van der Waals surface area (Å²) in [6.07, 6.45) is 13.1. The number of hydrogen-bond donors (Lipinski definition) is 1. The molecule has 2 aromatic rings. The van der Waals surface area contributed by atoms with Crippen LogP contribution < -0.4 is 4.74 Å². The zero-order valence-electron chi connectivity index (χ0n) is 17.7. The molecule has 0 saturated carbocycles. The highest BCUT2D eigenvalue weighted by Crippen LogP contribution is 2.20. The fourth-order valence-corrected chi connectivity index (χ4v) is 3.25. The van der Waals surface area contributed by atoms with Gasteiger partial charge in [0.05, 0.1) is 6.10 Å². The lowest BCUT2D eigenvalue weighted by molar-refractivity contribution is 0.0893. The lowest BCUT2D eigenvalue weighted by atomic mass is 10.1. The third kappa shape index (κ3) is 8.39. The summed E-state index contributed by atoms with van der Waals surface area (Å²) < 4.78 is 5.67. The summed E-state index contributed by atoms with van der Waals surface area (Å²) in [5.41, 5.74) is 2.18. The molecule has 0 amide bonds. The molecule has 4 nitrogen and oxygen atoms in total. The van der Waals surface area contributed by atoms with Gasteiger partial charge in [0, 0.05) is 18.0 Å². The van der Waals surface area contributed by atoms with Crippen molar-refractivity contribution in [2.45, 2.75) is 78.2 Å². The summed E-state index contributed by atoms with van der Waals surface area (Å²) in [7, 11) is 0. The monoisotopic (exact) mass is 384 g/mol. The largest absolute Gasteiger partial charge is 0.491 e. The van der Waals surface area contributed by atoms with Gasteiger partial charge in [0.15, 0.2) is 5.82 Å². The van der Waals surface area contributed by atoms with Crippen molar-refractivity contribution in [1.82, 2.24) is 9.97 Å². The summed E-state index contributed by atoms with van der Waals surface area (Å²) in [6, 6.07) is 7.75. The van der Waals surface area contributed by atoms with Crippen molar-refractivity contribution in [3.63, 3.8) is 0 Å². The van der Waals surface area contributed by atoms with Gasteiger partial charge < -0.3 is 9.84 Å². The second-order valence-corrected chi connectivity index (χ2v) is 8.05. The number of benzene rings is 1. The van der Waals surface area contributed by atoms with Gasteiger partial charge in [-0.05, 0) is 55.0 Å². The van der Waals surface area contributed by atoms with E-state index in [2.05, 4.69) is 30.7 Å². The van der Waals surface area contributed by atoms with Crippen LogP contribution in [-0.4, -0.2) is 27.8 Å². The normalized spacial score (nSPS) is 12.3. The third-order valence-electron chi connectivity index (χ3n) is 4.82. The predicted octanol–water partition coefficient (Wildman–Crippen LogP) is 5.83. The van der Waals surface area contributed by atoms with E-state index in [1.807, 2.05) is 36.7 Å². The molecule has 1 unspecified atom stereocenters. The number of aliphatic hydroxyl groups excluding tert-OH is 1. The average Bonchev–Trinajstić information content (AvgIpc) is 2.69. The topological polar surface area (TPSA) is 55.2 Å². The zero-order chi connectivity index (χ0) is 20.2. The van der Waals surface area contributed by atoms with Gasteiger partial charge in [0.25, 0.3) is 0 Å². The zero-order valence-corrected chi connectivity index (χ0v) is 17.7. The van der Waals surface area contributed by atoms with Crippen LogP contribution in [0.15, 0.2) is 36.7 Å². The second kappa shape index (κ2) is 12.5. The number of unbranched alkanes of at least 4 members (excludes halogenated alkanes) is 5. The fraction of sp³-hybridized carbons (Fsp3) is 0.583. The van der Waals surface area contributed by atoms with E-state index in [-0.39, 0.29) is 0 Å². The Bertz CT molecular complexity index is 653. The van der Waals surface area contributed by atoms with Gasteiger partial charge >= 0.3 is 0 Å². The fourth-order valence-electron chi connectivity index (χ4n) is 3.25. The molecule has 0 saturated heterocycles. The minimum Gasteiger partial charge on any atom is -0.491 e. The number of aryl methyl sites for hydroxylation is 1. The van der Waals surface area contributed by atoms with Gasteiger partial charge in [-0.1, -0.05) is 52.9 Å². The van der Waals surface area contributed by atoms with Crippen molar-refractivity contribution in [3.8, 4) is 17.1 Å². The molecule has 0 bridgehead atoms. The van der Waals surface area contributed by atoms with Crippen molar-refractivity contribution >= 4 is 0 Å². The maximum Gasteiger partial charge on any atom is 0.159 e. The molecule has 4 heteroatoms. The van der Waals surface area contributed by atoms with Crippen LogP contribution in [0.25, 0.3) is 11.4 Å². The molecule has 1 heterocycles. The molecule has 1 N–H and O–H groups in total. The first kappa shape index (κ1) is 22.4. The van der Waals surface area contributed by atoms with Crippen LogP contribution >= 0.6 is 0 Å². The molecule has 0 aliphatic carbocycles. The average molecular weight is 385 g/mol. The Morgan fingerprint density at radius 1 is 0.929 bits per heavy atom. The van der Waals surface area contributed by atoms with Crippen LogP contribution in [0.3, 0.4) is 0 Å². The molecule has 154 valence electrons. The molecule has 0 fully saturated rings. The van der Waals surface area contributed by atoms with Crippen LogP contribution in [0.4, 0.5) is 0 Å². The molecular formula is C24H36N2O2. The molecule has 28 heavy (non-hydrogen) atoms. The van der Waals surface area contributed by atoms with Crippen LogP contribution in [0.1, 0.15) is 71.3 Å². The van der Waals surface area contributed by atoms with Gasteiger partial charge in [0.2, 0.25) is 0 Å². The summed E-state index contributed by atoms with van der Waals surface area (Å²) in [5, 5.41) is 9.91. The summed E-state index contributed by atoms with van der Waals surface area (Å²) in [5.74, 6) is 1.95. The van der Waals surface area contributed by atoms with Crippen LogP contribution in [0.5, 0.6) is 5.75 Å². The number of hydrogen-bond acceptors (Lipinski definition) is 4. The standard InChI is InChI=1S/C24H36N2O2/c1-4-5-6-7-8-9-10-20-16-25-24(26-17-20)21-11-13-23(14-12-21)28-18-22(27)15-19(2)3/h11-14,16-17,19,22,27H,4-10,15,18H2,1-3H3. The van der Waals surface area contributed by atoms with Crippen LogP contribution in [0.2, 0.25) is 0 Å². The maximum absolute atomic E-state index is 9.91. The molecule has 1 aromatic heterocycles. The highest BCUT2D eigenvalue weighted by atomic mass is 16.5. The third-order valence-corrected chi connectivity index (χ3v) is 4.82. The molecule has 0 radical (unpaired) electrons. The Morgan fingerprint density at radius 3 is 2.21 bits per heavy atom. The Labute approximate surface area is 170 Å². The number of ether oxygens (including phenoxy) is 1. The van der Waals surface area contributed by atoms with E-state index in [0.29, 0.717) is 12.5 Å². The van der Waals surface area contributed by atoms with Crippen molar-refractivity contribution in [2.24, 2.45) is 5.92 Å². The lowest BCUT2D eigenvalue weighted by Gasteiger charge is -2.14. The summed E-state index contributed by atoms with van der Waals surface area (Å²) in [6.45, 7) is 6.76. The Hall–Kier alpha value is -1.94. The number of aliphatic hydroxyl groups is 1. The number of aromatic nitrogens is 2. The van der Waals surface area contributed by atoms with Gasteiger partial charge in [0.1, 0.15) is 12.4 Å².